The molecule has 2 aromatic rings. The fourth-order valence-electron chi connectivity index (χ4n) is 2.35. The first-order valence-corrected chi connectivity index (χ1v) is 6.85. The molecule has 0 radical (unpaired) electrons. The van der Waals surface area contributed by atoms with Gasteiger partial charge in [-0.15, -0.1) is 0 Å². The van der Waals surface area contributed by atoms with E-state index >= 15 is 0 Å². The highest BCUT2D eigenvalue weighted by Crippen LogP contribution is 2.33. The van der Waals surface area contributed by atoms with Gasteiger partial charge in [-0.2, -0.15) is 5.10 Å². The molecule has 1 atom stereocenters. The molecular formula is C16H22FN3. The summed E-state index contributed by atoms with van der Waals surface area (Å²) in [6.45, 7) is 9.28. The number of rotatable bonds is 4. The Labute approximate surface area is 119 Å². The van der Waals surface area contributed by atoms with E-state index in [4.69, 9.17) is 0 Å². The summed E-state index contributed by atoms with van der Waals surface area (Å²) in [6.07, 6.45) is 1.84. The number of hydrogen-bond donors (Lipinski definition) is 2. The van der Waals surface area contributed by atoms with Gasteiger partial charge < -0.3 is 5.32 Å². The Morgan fingerprint density at radius 2 is 1.90 bits per heavy atom. The summed E-state index contributed by atoms with van der Waals surface area (Å²) in [7, 11) is 0. The van der Waals surface area contributed by atoms with Crippen LogP contribution in [0.3, 0.4) is 0 Å². The van der Waals surface area contributed by atoms with Gasteiger partial charge in [-0.1, -0.05) is 32.9 Å². The van der Waals surface area contributed by atoms with Crippen LogP contribution in [0.1, 0.15) is 43.6 Å². The summed E-state index contributed by atoms with van der Waals surface area (Å²) in [5.41, 5.74) is 3.36. The predicted octanol–water partition coefficient (Wildman–Crippen LogP) is 3.73. The van der Waals surface area contributed by atoms with Gasteiger partial charge in [0.15, 0.2) is 0 Å². The third kappa shape index (κ3) is 3.45. The molecule has 1 aromatic carbocycles. The quantitative estimate of drug-likeness (QED) is 0.892. The fourth-order valence-corrected chi connectivity index (χ4v) is 2.35. The molecule has 1 heterocycles. The highest BCUT2D eigenvalue weighted by Gasteiger charge is 2.26. The number of nitrogens with zero attached hydrogens (tertiary/aromatic N) is 1. The van der Waals surface area contributed by atoms with Crippen LogP contribution in [0.5, 0.6) is 0 Å². The molecule has 20 heavy (non-hydrogen) atoms. The Balaban J connectivity index is 2.16. The fraction of sp³-hybridized carbons (Fsp3) is 0.438. The zero-order valence-corrected chi connectivity index (χ0v) is 12.5. The van der Waals surface area contributed by atoms with E-state index in [0.717, 1.165) is 23.4 Å². The van der Waals surface area contributed by atoms with E-state index in [-0.39, 0.29) is 17.3 Å². The molecule has 0 unspecified atom stereocenters. The highest BCUT2D eigenvalue weighted by molar-refractivity contribution is 5.22. The van der Waals surface area contributed by atoms with E-state index < -0.39 is 0 Å². The molecule has 2 rings (SSSR count). The summed E-state index contributed by atoms with van der Waals surface area (Å²) < 4.78 is 13.1. The molecule has 0 saturated heterocycles. The first-order chi connectivity index (χ1) is 9.38. The van der Waals surface area contributed by atoms with Gasteiger partial charge in [0.1, 0.15) is 5.82 Å². The minimum Gasteiger partial charge on any atom is -0.305 e. The maximum atomic E-state index is 13.1. The molecule has 0 bridgehead atoms. The highest BCUT2D eigenvalue weighted by atomic mass is 19.1. The third-order valence-corrected chi connectivity index (χ3v) is 3.50. The second kappa shape index (κ2) is 5.75. The van der Waals surface area contributed by atoms with E-state index in [1.807, 2.05) is 25.3 Å². The Bertz CT molecular complexity index is 552. The SMILES string of the molecule is Cc1[nH]ncc1CN[C@@H](c1ccc(F)cc1)C(C)(C)C. The van der Waals surface area contributed by atoms with E-state index in [1.54, 1.807) is 0 Å². The lowest BCUT2D eigenvalue weighted by atomic mass is 9.82. The zero-order valence-electron chi connectivity index (χ0n) is 12.5. The lowest BCUT2D eigenvalue weighted by molar-refractivity contribution is 0.270. The molecule has 0 aliphatic heterocycles. The molecule has 1 aromatic heterocycles. The molecule has 0 saturated carbocycles. The number of halogens is 1. The minimum atomic E-state index is -0.202. The Hall–Kier alpha value is -1.68. The molecule has 0 fully saturated rings. The van der Waals surface area contributed by atoms with Crippen molar-refractivity contribution in [3.8, 4) is 0 Å². The van der Waals surface area contributed by atoms with E-state index in [2.05, 4.69) is 36.3 Å². The van der Waals surface area contributed by atoms with Crippen LogP contribution in [0, 0.1) is 18.2 Å². The number of benzene rings is 1. The van der Waals surface area contributed by atoms with Gasteiger partial charge in [0, 0.05) is 23.8 Å². The first kappa shape index (κ1) is 14.7. The second-order valence-corrected chi connectivity index (χ2v) is 6.25. The largest absolute Gasteiger partial charge is 0.305 e. The Morgan fingerprint density at radius 3 is 2.40 bits per heavy atom. The van der Waals surface area contributed by atoms with Gasteiger partial charge >= 0.3 is 0 Å². The van der Waals surface area contributed by atoms with Crippen LogP contribution >= 0.6 is 0 Å². The van der Waals surface area contributed by atoms with Crippen molar-refractivity contribution in [2.75, 3.05) is 0 Å². The van der Waals surface area contributed by atoms with Crippen LogP contribution in [0.15, 0.2) is 30.5 Å². The van der Waals surface area contributed by atoms with Crippen LogP contribution in [0.2, 0.25) is 0 Å². The molecular weight excluding hydrogens is 253 g/mol. The number of nitrogens with one attached hydrogen (secondary N) is 2. The Morgan fingerprint density at radius 1 is 1.25 bits per heavy atom. The monoisotopic (exact) mass is 275 g/mol. The summed E-state index contributed by atoms with van der Waals surface area (Å²) in [6, 6.07) is 6.87. The van der Waals surface area contributed by atoms with Gasteiger partial charge in [-0.3, -0.25) is 5.10 Å². The van der Waals surface area contributed by atoms with E-state index in [1.165, 1.54) is 12.1 Å². The molecule has 4 heteroatoms. The molecule has 2 N–H and O–H groups in total. The van der Waals surface area contributed by atoms with Crippen molar-refractivity contribution in [1.82, 2.24) is 15.5 Å². The van der Waals surface area contributed by atoms with Crippen molar-refractivity contribution in [1.29, 1.82) is 0 Å². The van der Waals surface area contributed by atoms with Crippen LogP contribution in [-0.4, -0.2) is 10.2 Å². The summed E-state index contributed by atoms with van der Waals surface area (Å²) in [5.74, 6) is -0.202. The molecule has 0 spiro atoms. The smallest absolute Gasteiger partial charge is 0.123 e. The first-order valence-electron chi connectivity index (χ1n) is 6.85. The van der Waals surface area contributed by atoms with Crippen molar-refractivity contribution in [3.05, 3.63) is 53.1 Å². The van der Waals surface area contributed by atoms with Gasteiger partial charge in [-0.05, 0) is 30.0 Å². The van der Waals surface area contributed by atoms with Crippen molar-refractivity contribution in [3.63, 3.8) is 0 Å². The number of aromatic amines is 1. The molecule has 108 valence electrons. The van der Waals surface area contributed by atoms with Crippen molar-refractivity contribution >= 4 is 0 Å². The molecule has 0 aliphatic rings. The average Bonchev–Trinajstić information content (AvgIpc) is 2.76. The van der Waals surface area contributed by atoms with E-state index in [0.29, 0.717) is 0 Å². The average molecular weight is 275 g/mol. The van der Waals surface area contributed by atoms with Crippen LogP contribution in [-0.2, 0) is 6.54 Å². The summed E-state index contributed by atoms with van der Waals surface area (Å²) >= 11 is 0. The van der Waals surface area contributed by atoms with E-state index in [9.17, 15) is 4.39 Å². The van der Waals surface area contributed by atoms with Crippen molar-refractivity contribution in [2.24, 2.45) is 5.41 Å². The van der Waals surface area contributed by atoms with Gasteiger partial charge in [0.25, 0.3) is 0 Å². The minimum absolute atomic E-state index is 0.0372. The van der Waals surface area contributed by atoms with Crippen LogP contribution < -0.4 is 5.32 Å². The van der Waals surface area contributed by atoms with Crippen molar-refractivity contribution in [2.45, 2.75) is 40.3 Å². The number of aromatic nitrogens is 2. The lowest BCUT2D eigenvalue weighted by Crippen LogP contribution is -2.32. The molecule has 0 amide bonds. The third-order valence-electron chi connectivity index (χ3n) is 3.50. The van der Waals surface area contributed by atoms with Gasteiger partial charge in [0.05, 0.1) is 6.20 Å². The lowest BCUT2D eigenvalue weighted by Gasteiger charge is -2.32. The second-order valence-electron chi connectivity index (χ2n) is 6.25. The number of hydrogen-bond acceptors (Lipinski definition) is 2. The summed E-state index contributed by atoms with van der Waals surface area (Å²) in [4.78, 5) is 0. The molecule has 3 nitrogen and oxygen atoms in total. The topological polar surface area (TPSA) is 40.7 Å². The normalized spacial score (nSPS) is 13.4. The van der Waals surface area contributed by atoms with Gasteiger partial charge in [0.2, 0.25) is 0 Å². The maximum Gasteiger partial charge on any atom is 0.123 e. The standard InChI is InChI=1S/C16H22FN3/c1-11-13(10-19-20-11)9-18-15(16(2,3)4)12-5-7-14(17)8-6-12/h5-8,10,15,18H,9H2,1-4H3,(H,19,20)/t15-/m0/s1. The van der Waals surface area contributed by atoms with Gasteiger partial charge in [-0.25, -0.2) is 4.39 Å². The zero-order chi connectivity index (χ0) is 14.8. The molecule has 0 aliphatic carbocycles. The van der Waals surface area contributed by atoms with Crippen LogP contribution in [0.25, 0.3) is 0 Å². The summed E-state index contributed by atoms with van der Waals surface area (Å²) in [5, 5.41) is 10.5. The number of H-pyrrole nitrogens is 1. The maximum absolute atomic E-state index is 13.1. The number of aryl methyl sites for hydroxylation is 1. The van der Waals surface area contributed by atoms with Crippen molar-refractivity contribution < 1.29 is 4.39 Å². The Kier molecular flexibility index (Phi) is 4.23. The predicted molar refractivity (Wildman–Crippen MR) is 78.8 cm³/mol. The van der Waals surface area contributed by atoms with Crippen LogP contribution in [0.4, 0.5) is 4.39 Å².